The molecule has 1 aromatic carbocycles. The number of hydrogen-bond acceptors (Lipinski definition) is 4. The van der Waals surface area contributed by atoms with Crippen LogP contribution in [0.2, 0.25) is 0 Å². The predicted octanol–water partition coefficient (Wildman–Crippen LogP) is 0.902. The molecule has 0 atom stereocenters. The summed E-state index contributed by atoms with van der Waals surface area (Å²) in [4.78, 5) is 15.9. The molecule has 0 saturated carbocycles. The van der Waals surface area contributed by atoms with Gasteiger partial charge in [0.05, 0.1) is 6.54 Å². The fraction of sp³-hybridized carbons (Fsp3) is 0.429. The molecule has 5 nitrogen and oxygen atoms in total. The van der Waals surface area contributed by atoms with Crippen LogP contribution in [0, 0.1) is 0 Å². The van der Waals surface area contributed by atoms with Gasteiger partial charge in [0.2, 0.25) is 5.91 Å². The van der Waals surface area contributed by atoms with Gasteiger partial charge in [-0.2, -0.15) is 0 Å². The lowest BCUT2D eigenvalue weighted by atomic mass is 10.1. The molecule has 1 amide bonds. The number of carbonyl (C=O) groups is 1. The minimum Gasteiger partial charge on any atom is -0.356 e. The third-order valence-corrected chi connectivity index (χ3v) is 2.89. The Kier molecular flexibility index (Phi) is 8.01. The Balaban J connectivity index is 0.00000200. The van der Waals surface area contributed by atoms with Crippen LogP contribution in [-0.2, 0) is 11.2 Å². The Hall–Kier alpha value is -1.31. The van der Waals surface area contributed by atoms with Gasteiger partial charge in [-0.05, 0) is 18.4 Å². The summed E-state index contributed by atoms with van der Waals surface area (Å²) in [5.41, 5.74) is 1.23. The molecule has 1 heterocycles. The quantitative estimate of drug-likeness (QED) is 0.657. The Labute approximate surface area is 136 Å². The van der Waals surface area contributed by atoms with E-state index in [4.69, 9.17) is 0 Å². The molecular formula is C14H21IN4O. The first-order valence-corrected chi connectivity index (χ1v) is 6.67. The molecule has 0 aliphatic carbocycles. The number of nitrogens with zero attached hydrogens (tertiary/aromatic N) is 1. The third kappa shape index (κ3) is 6.23. The second kappa shape index (κ2) is 9.57. The van der Waals surface area contributed by atoms with E-state index >= 15 is 0 Å². The molecular weight excluding hydrogens is 367 g/mol. The summed E-state index contributed by atoms with van der Waals surface area (Å²) in [6.45, 7) is 2.66. The lowest BCUT2D eigenvalue weighted by Crippen LogP contribution is -2.45. The van der Waals surface area contributed by atoms with Crippen molar-refractivity contribution in [2.24, 2.45) is 4.99 Å². The normalized spacial score (nSPS) is 13.5. The molecule has 110 valence electrons. The molecule has 0 fully saturated rings. The lowest BCUT2D eigenvalue weighted by molar-refractivity contribution is -0.119. The summed E-state index contributed by atoms with van der Waals surface area (Å²) < 4.78 is 0. The first kappa shape index (κ1) is 16.7. The summed E-state index contributed by atoms with van der Waals surface area (Å²) in [6, 6.07) is 10.1. The van der Waals surface area contributed by atoms with Gasteiger partial charge >= 0.3 is 0 Å². The van der Waals surface area contributed by atoms with Gasteiger partial charge in [0.25, 0.3) is 0 Å². The van der Waals surface area contributed by atoms with Crippen LogP contribution in [0.4, 0.5) is 0 Å². The van der Waals surface area contributed by atoms with Gasteiger partial charge in [-0.25, -0.2) is 0 Å². The van der Waals surface area contributed by atoms with Gasteiger partial charge in [0.1, 0.15) is 0 Å². The largest absolute Gasteiger partial charge is 0.356 e. The van der Waals surface area contributed by atoms with E-state index in [1.54, 1.807) is 0 Å². The zero-order valence-corrected chi connectivity index (χ0v) is 13.7. The molecule has 0 spiro atoms. The van der Waals surface area contributed by atoms with Crippen molar-refractivity contribution in [3.8, 4) is 0 Å². The van der Waals surface area contributed by atoms with Gasteiger partial charge in [-0.15, -0.1) is 24.0 Å². The molecule has 0 aromatic heterocycles. The molecule has 3 N–H and O–H groups in total. The molecule has 1 aliphatic rings. The number of amides is 1. The van der Waals surface area contributed by atoms with Crippen LogP contribution in [0.5, 0.6) is 0 Å². The van der Waals surface area contributed by atoms with Gasteiger partial charge in [0.15, 0.2) is 5.96 Å². The molecule has 0 saturated heterocycles. The monoisotopic (exact) mass is 388 g/mol. The number of halogens is 1. The summed E-state index contributed by atoms with van der Waals surface area (Å²) in [6.07, 6.45) is 1.90. The minimum atomic E-state index is -0.00833. The third-order valence-electron chi connectivity index (χ3n) is 2.89. The standard InChI is InChI=1S/C14H20N4O.HI/c19-13(11-18-14-16-8-4-9-17-14)15-10-7-12-5-2-1-3-6-12;/h1-3,5-6H,4,7-11H2,(H,15,19)(H2,16,17,18);1H. The zero-order chi connectivity index (χ0) is 13.3. The molecule has 1 aliphatic heterocycles. The van der Waals surface area contributed by atoms with E-state index in [1.807, 2.05) is 18.2 Å². The maximum Gasteiger partial charge on any atom is 0.239 e. The Morgan fingerprint density at radius 2 is 2.10 bits per heavy atom. The van der Waals surface area contributed by atoms with Gasteiger partial charge in [0, 0.05) is 19.6 Å². The van der Waals surface area contributed by atoms with Crippen molar-refractivity contribution in [1.29, 1.82) is 0 Å². The van der Waals surface area contributed by atoms with Gasteiger partial charge in [-0.1, -0.05) is 30.3 Å². The number of hydrogen-bond donors (Lipinski definition) is 3. The van der Waals surface area contributed by atoms with E-state index < -0.39 is 0 Å². The van der Waals surface area contributed by atoms with E-state index in [1.165, 1.54) is 5.56 Å². The van der Waals surface area contributed by atoms with Gasteiger partial charge in [-0.3, -0.25) is 9.79 Å². The van der Waals surface area contributed by atoms with E-state index in [-0.39, 0.29) is 36.4 Å². The second-order valence-electron chi connectivity index (χ2n) is 4.45. The second-order valence-corrected chi connectivity index (χ2v) is 4.45. The van der Waals surface area contributed by atoms with Crippen molar-refractivity contribution in [3.63, 3.8) is 0 Å². The summed E-state index contributed by atoms with van der Waals surface area (Å²) in [5.74, 6) is 0.718. The van der Waals surface area contributed by atoms with E-state index in [2.05, 4.69) is 33.1 Å². The van der Waals surface area contributed by atoms with Crippen molar-refractivity contribution < 1.29 is 4.79 Å². The highest BCUT2D eigenvalue weighted by atomic mass is 127. The van der Waals surface area contributed by atoms with Crippen LogP contribution in [0.3, 0.4) is 0 Å². The Bertz CT molecular complexity index is 436. The van der Waals surface area contributed by atoms with E-state index in [0.717, 1.165) is 31.9 Å². The predicted molar refractivity (Wildman–Crippen MR) is 91.5 cm³/mol. The topological polar surface area (TPSA) is 65.5 Å². The molecule has 2 rings (SSSR count). The van der Waals surface area contributed by atoms with Gasteiger partial charge < -0.3 is 16.0 Å². The first-order chi connectivity index (χ1) is 9.34. The zero-order valence-electron chi connectivity index (χ0n) is 11.4. The number of nitrogens with one attached hydrogen (secondary N) is 3. The number of benzene rings is 1. The van der Waals surface area contributed by atoms with Crippen molar-refractivity contribution in [2.45, 2.75) is 12.8 Å². The lowest BCUT2D eigenvalue weighted by Gasteiger charge is -2.15. The average molecular weight is 388 g/mol. The highest BCUT2D eigenvalue weighted by Crippen LogP contribution is 1.97. The van der Waals surface area contributed by atoms with E-state index in [0.29, 0.717) is 6.54 Å². The molecule has 0 radical (unpaired) electrons. The molecule has 0 bridgehead atoms. The minimum absolute atomic E-state index is 0. The SMILES string of the molecule is I.O=C(CNC1=NCCCN1)NCCc1ccccc1. The van der Waals surface area contributed by atoms with Crippen LogP contribution < -0.4 is 16.0 Å². The van der Waals surface area contributed by atoms with Crippen LogP contribution in [0.15, 0.2) is 35.3 Å². The van der Waals surface area contributed by atoms with Crippen molar-refractivity contribution in [1.82, 2.24) is 16.0 Å². The van der Waals surface area contributed by atoms with Crippen molar-refractivity contribution in [3.05, 3.63) is 35.9 Å². The Morgan fingerprint density at radius 1 is 1.30 bits per heavy atom. The summed E-state index contributed by atoms with van der Waals surface area (Å²) in [7, 11) is 0. The van der Waals surface area contributed by atoms with Crippen LogP contribution in [-0.4, -0.2) is 38.0 Å². The smallest absolute Gasteiger partial charge is 0.239 e. The van der Waals surface area contributed by atoms with Crippen molar-refractivity contribution in [2.75, 3.05) is 26.2 Å². The molecule has 20 heavy (non-hydrogen) atoms. The van der Waals surface area contributed by atoms with Crippen LogP contribution in [0.1, 0.15) is 12.0 Å². The first-order valence-electron chi connectivity index (χ1n) is 6.67. The molecule has 0 unspecified atom stereocenters. The number of aliphatic imine (C=N–C) groups is 1. The van der Waals surface area contributed by atoms with E-state index in [9.17, 15) is 4.79 Å². The maximum absolute atomic E-state index is 11.6. The summed E-state index contributed by atoms with van der Waals surface area (Å²) >= 11 is 0. The average Bonchev–Trinajstić information content (AvgIpc) is 2.47. The Morgan fingerprint density at radius 3 is 2.80 bits per heavy atom. The van der Waals surface area contributed by atoms with Crippen LogP contribution in [0.25, 0.3) is 0 Å². The highest BCUT2D eigenvalue weighted by molar-refractivity contribution is 14.0. The van der Waals surface area contributed by atoms with Crippen LogP contribution >= 0.6 is 24.0 Å². The summed E-state index contributed by atoms with van der Waals surface area (Å²) in [5, 5.41) is 9.00. The fourth-order valence-corrected chi connectivity index (χ4v) is 1.87. The van der Waals surface area contributed by atoms with Crippen molar-refractivity contribution >= 4 is 35.8 Å². The number of guanidine groups is 1. The maximum atomic E-state index is 11.6. The fourth-order valence-electron chi connectivity index (χ4n) is 1.87. The molecule has 6 heteroatoms. The highest BCUT2D eigenvalue weighted by Gasteiger charge is 2.05. The number of rotatable bonds is 5. The molecule has 1 aromatic rings. The number of carbonyl (C=O) groups excluding carboxylic acids is 1.